The van der Waals surface area contributed by atoms with E-state index < -0.39 is 6.04 Å². The molecule has 1 aliphatic heterocycles. The zero-order valence-electron chi connectivity index (χ0n) is 18.8. The summed E-state index contributed by atoms with van der Waals surface area (Å²) in [4.78, 5) is 41.9. The summed E-state index contributed by atoms with van der Waals surface area (Å²) in [6.45, 7) is 0. The molecule has 1 heterocycles. The van der Waals surface area contributed by atoms with Gasteiger partial charge in [0.1, 0.15) is 0 Å². The van der Waals surface area contributed by atoms with Crippen molar-refractivity contribution in [2.75, 3.05) is 5.32 Å². The molecule has 3 aromatic rings. The average molecular weight is 451 g/mol. The predicted octanol–water partition coefficient (Wildman–Crippen LogP) is 5.11. The van der Waals surface area contributed by atoms with Crippen LogP contribution in [-0.2, 0) is 14.4 Å². The molecule has 5 nitrogen and oxygen atoms in total. The third kappa shape index (κ3) is 3.35. The highest BCUT2D eigenvalue weighted by Crippen LogP contribution is 2.51. The van der Waals surface area contributed by atoms with Crippen molar-refractivity contribution in [3.8, 4) is 0 Å². The smallest absolute Gasteiger partial charge is 0.234 e. The maximum Gasteiger partial charge on any atom is 0.234 e. The van der Waals surface area contributed by atoms with Gasteiger partial charge in [-0.1, -0.05) is 78.9 Å². The van der Waals surface area contributed by atoms with Crippen LogP contribution in [0.5, 0.6) is 0 Å². The lowest BCUT2D eigenvalue weighted by Gasteiger charge is -2.38. The maximum absolute atomic E-state index is 13.6. The zero-order valence-corrected chi connectivity index (χ0v) is 18.8. The molecular formula is C29H26N2O3. The van der Waals surface area contributed by atoms with Crippen LogP contribution in [-0.4, -0.2) is 22.6 Å². The summed E-state index contributed by atoms with van der Waals surface area (Å²) in [5.41, 5.74) is 1.53. The molecular weight excluding hydrogens is 424 g/mol. The number of carbonyl (C=O) groups excluding carboxylic acids is 3. The molecule has 0 radical (unpaired) electrons. The summed E-state index contributed by atoms with van der Waals surface area (Å²) in [7, 11) is 0. The predicted molar refractivity (Wildman–Crippen MR) is 131 cm³/mol. The lowest BCUT2D eigenvalue weighted by atomic mass is 9.63. The van der Waals surface area contributed by atoms with Gasteiger partial charge in [0.2, 0.25) is 17.7 Å². The van der Waals surface area contributed by atoms with E-state index in [1.165, 1.54) is 4.90 Å². The summed E-state index contributed by atoms with van der Waals surface area (Å²) in [6.07, 6.45) is 6.16. The number of likely N-dealkylation sites (tertiary alicyclic amines) is 1. The van der Waals surface area contributed by atoms with E-state index >= 15 is 0 Å². The number of fused-ring (bicyclic) bond motifs is 2. The van der Waals surface area contributed by atoms with Crippen molar-refractivity contribution in [2.24, 2.45) is 23.7 Å². The number of hydrogen-bond acceptors (Lipinski definition) is 3. The first-order chi connectivity index (χ1) is 16.6. The Morgan fingerprint density at radius 2 is 1.44 bits per heavy atom. The van der Waals surface area contributed by atoms with Gasteiger partial charge in [-0.05, 0) is 41.7 Å². The summed E-state index contributed by atoms with van der Waals surface area (Å²) in [5.74, 6) is -0.801. The van der Waals surface area contributed by atoms with Crippen LogP contribution in [0.4, 0.5) is 5.69 Å². The van der Waals surface area contributed by atoms with E-state index in [-0.39, 0.29) is 47.8 Å². The minimum Gasteiger partial charge on any atom is -0.325 e. The number of anilines is 1. The van der Waals surface area contributed by atoms with Crippen molar-refractivity contribution in [1.29, 1.82) is 0 Å². The van der Waals surface area contributed by atoms with Gasteiger partial charge < -0.3 is 5.32 Å². The molecule has 5 heteroatoms. The molecule has 0 unspecified atom stereocenters. The standard InChI is InChI=1S/C29H26N2O3/c32-25(30-23-12-6-10-18-7-4-5-11-22(18)23)17-24(19-8-2-1-3-9-19)31-28(33)26-20-13-14-21(16-15-20)27(26)29(31)34/h1-14,20-21,24,26-27H,15-17H2,(H,30,32)/t20-,21-,24+,26+,27+/m0/s1. The van der Waals surface area contributed by atoms with Gasteiger partial charge >= 0.3 is 0 Å². The fourth-order valence-electron chi connectivity index (χ4n) is 6.15. The van der Waals surface area contributed by atoms with Crippen molar-refractivity contribution < 1.29 is 14.4 Å². The van der Waals surface area contributed by atoms with Crippen LogP contribution in [0.25, 0.3) is 10.8 Å². The zero-order chi connectivity index (χ0) is 23.2. The minimum absolute atomic E-state index is 0.0208. The van der Waals surface area contributed by atoms with E-state index in [1.54, 1.807) is 0 Å². The van der Waals surface area contributed by atoms with Crippen LogP contribution >= 0.6 is 0 Å². The first-order valence-corrected chi connectivity index (χ1v) is 12.0. The second kappa shape index (κ2) is 8.24. The van der Waals surface area contributed by atoms with Crippen LogP contribution in [0.15, 0.2) is 84.9 Å². The first-order valence-electron chi connectivity index (χ1n) is 12.0. The van der Waals surface area contributed by atoms with Gasteiger partial charge in [-0.25, -0.2) is 0 Å². The largest absolute Gasteiger partial charge is 0.325 e. The molecule has 4 aliphatic rings. The Morgan fingerprint density at radius 1 is 0.824 bits per heavy atom. The third-order valence-corrected chi connectivity index (χ3v) is 7.73. The molecule has 2 bridgehead atoms. The van der Waals surface area contributed by atoms with Crippen molar-refractivity contribution in [3.63, 3.8) is 0 Å². The molecule has 3 amide bonds. The van der Waals surface area contributed by atoms with Gasteiger partial charge in [0, 0.05) is 11.1 Å². The van der Waals surface area contributed by atoms with Crippen LogP contribution in [0, 0.1) is 23.7 Å². The first kappa shape index (κ1) is 20.8. The van der Waals surface area contributed by atoms with Gasteiger partial charge in [-0.2, -0.15) is 0 Å². The Labute approximate surface area is 198 Å². The Morgan fingerprint density at radius 3 is 2.12 bits per heavy atom. The monoisotopic (exact) mass is 450 g/mol. The van der Waals surface area contributed by atoms with Crippen LogP contribution in [0.2, 0.25) is 0 Å². The summed E-state index contributed by atoms with van der Waals surface area (Å²) in [5, 5.41) is 5.02. The maximum atomic E-state index is 13.6. The molecule has 7 rings (SSSR count). The quantitative estimate of drug-likeness (QED) is 0.434. The lowest BCUT2D eigenvalue weighted by molar-refractivity contribution is -0.143. The normalized spacial score (nSPS) is 26.1. The number of allylic oxidation sites excluding steroid dienone is 2. The highest BCUT2D eigenvalue weighted by Gasteiger charge is 2.58. The Balaban J connectivity index is 1.31. The molecule has 0 aromatic heterocycles. The Kier molecular flexibility index (Phi) is 5.05. The van der Waals surface area contributed by atoms with Gasteiger partial charge in [0.25, 0.3) is 0 Å². The third-order valence-electron chi connectivity index (χ3n) is 7.73. The molecule has 1 saturated heterocycles. The molecule has 2 fully saturated rings. The van der Waals surface area contributed by atoms with Gasteiger partial charge in [0.15, 0.2) is 0 Å². The lowest BCUT2D eigenvalue weighted by Crippen LogP contribution is -2.38. The second-order valence-corrected chi connectivity index (χ2v) is 9.59. The van der Waals surface area contributed by atoms with Crippen LogP contribution in [0.1, 0.15) is 30.9 Å². The number of rotatable bonds is 5. The van der Waals surface area contributed by atoms with Crippen molar-refractivity contribution in [3.05, 3.63) is 90.5 Å². The van der Waals surface area contributed by atoms with Crippen molar-refractivity contribution >= 4 is 34.2 Å². The SMILES string of the molecule is O=C(C[C@H](c1ccccc1)N1C(=O)[C@H]2[C@H](C1=O)[C@H]1C=C[C@H]2CC1)Nc1cccc2ccccc12. The molecule has 34 heavy (non-hydrogen) atoms. The summed E-state index contributed by atoms with van der Waals surface area (Å²) >= 11 is 0. The Bertz CT molecular complexity index is 1280. The molecule has 0 spiro atoms. The van der Waals surface area contributed by atoms with E-state index in [0.717, 1.165) is 34.9 Å². The molecule has 1 N–H and O–H groups in total. The highest BCUT2D eigenvalue weighted by atomic mass is 16.2. The minimum atomic E-state index is -0.624. The number of hydrogen-bond donors (Lipinski definition) is 1. The number of benzene rings is 3. The number of nitrogens with one attached hydrogen (secondary N) is 1. The van der Waals surface area contributed by atoms with E-state index in [4.69, 9.17) is 0 Å². The second-order valence-electron chi connectivity index (χ2n) is 9.59. The van der Waals surface area contributed by atoms with Gasteiger partial charge in [0.05, 0.1) is 24.3 Å². The van der Waals surface area contributed by atoms with E-state index in [1.807, 2.05) is 72.8 Å². The van der Waals surface area contributed by atoms with Gasteiger partial charge in [-0.15, -0.1) is 0 Å². The fraction of sp³-hybridized carbons (Fsp3) is 0.276. The summed E-state index contributed by atoms with van der Waals surface area (Å²) < 4.78 is 0. The molecule has 170 valence electrons. The summed E-state index contributed by atoms with van der Waals surface area (Å²) in [6, 6.07) is 22.5. The van der Waals surface area contributed by atoms with E-state index in [9.17, 15) is 14.4 Å². The van der Waals surface area contributed by atoms with Crippen molar-refractivity contribution in [2.45, 2.75) is 25.3 Å². The molecule has 1 saturated carbocycles. The average Bonchev–Trinajstić information content (AvgIpc) is 3.16. The number of amides is 3. The van der Waals surface area contributed by atoms with E-state index in [2.05, 4.69) is 17.5 Å². The van der Waals surface area contributed by atoms with Crippen molar-refractivity contribution in [1.82, 2.24) is 4.90 Å². The van der Waals surface area contributed by atoms with Gasteiger partial charge in [-0.3, -0.25) is 19.3 Å². The van der Waals surface area contributed by atoms with E-state index in [0.29, 0.717) is 0 Å². The molecule has 3 aromatic carbocycles. The molecule has 3 aliphatic carbocycles. The number of nitrogens with zero attached hydrogens (tertiary/aromatic N) is 1. The highest BCUT2D eigenvalue weighted by molar-refractivity contribution is 6.07. The topological polar surface area (TPSA) is 66.5 Å². The van der Waals surface area contributed by atoms with Crippen LogP contribution < -0.4 is 5.32 Å². The van der Waals surface area contributed by atoms with Crippen LogP contribution in [0.3, 0.4) is 0 Å². The Hall–Kier alpha value is -3.73. The number of carbonyl (C=O) groups is 3. The fourth-order valence-corrected chi connectivity index (χ4v) is 6.15. The number of imide groups is 1. The molecule has 5 atom stereocenters.